The number of hydrogen-bond donors (Lipinski definition) is 0. The summed E-state index contributed by atoms with van der Waals surface area (Å²) in [5.41, 5.74) is 2.31. The largest absolute Gasteiger partial charge is 0.264 e. The van der Waals surface area contributed by atoms with E-state index in [4.69, 9.17) is 0 Å². The normalized spacial score (nSPS) is 11.8. The van der Waals surface area contributed by atoms with Crippen LogP contribution in [-0.2, 0) is 10.0 Å². The van der Waals surface area contributed by atoms with E-state index < -0.39 is 10.0 Å². The van der Waals surface area contributed by atoms with E-state index in [1.165, 1.54) is 29.7 Å². The molecule has 118 valence electrons. The average Bonchev–Trinajstić information content (AvgIpc) is 3.05. The minimum Gasteiger partial charge on any atom is -0.264 e. The van der Waals surface area contributed by atoms with Crippen molar-refractivity contribution in [1.82, 2.24) is 14.3 Å². The van der Waals surface area contributed by atoms with Crippen LogP contribution in [-0.4, -0.2) is 36.8 Å². The van der Waals surface area contributed by atoms with Gasteiger partial charge >= 0.3 is 0 Å². The Morgan fingerprint density at radius 2 is 1.87 bits per heavy atom. The molecule has 0 aliphatic rings. The summed E-state index contributed by atoms with van der Waals surface area (Å²) in [5, 5.41) is 2.58. The number of sulfonamides is 1. The number of nitrogens with zero attached hydrogens (tertiary/aromatic N) is 3. The van der Waals surface area contributed by atoms with Crippen LogP contribution >= 0.6 is 11.3 Å². The van der Waals surface area contributed by atoms with Gasteiger partial charge in [0.2, 0.25) is 10.0 Å². The van der Waals surface area contributed by atoms with Crippen LogP contribution in [0.4, 0.5) is 0 Å². The first-order chi connectivity index (χ1) is 11.0. The van der Waals surface area contributed by atoms with E-state index in [2.05, 4.69) is 9.97 Å². The summed E-state index contributed by atoms with van der Waals surface area (Å²) >= 11 is 1.42. The molecular formula is C16H15N3O2S2. The van der Waals surface area contributed by atoms with Crippen molar-refractivity contribution < 1.29 is 8.42 Å². The zero-order valence-electron chi connectivity index (χ0n) is 12.7. The van der Waals surface area contributed by atoms with E-state index in [9.17, 15) is 8.42 Å². The topological polar surface area (TPSA) is 63.2 Å². The minimum absolute atomic E-state index is 0.261. The van der Waals surface area contributed by atoms with Crippen molar-refractivity contribution in [2.45, 2.75) is 4.90 Å². The third-order valence-electron chi connectivity index (χ3n) is 3.34. The molecule has 0 saturated heterocycles. The van der Waals surface area contributed by atoms with Crippen LogP contribution in [0, 0.1) is 0 Å². The quantitative estimate of drug-likeness (QED) is 0.729. The maximum Gasteiger partial charge on any atom is 0.243 e. The fourth-order valence-corrected chi connectivity index (χ4v) is 4.13. The highest BCUT2D eigenvalue weighted by Crippen LogP contribution is 2.33. The smallest absolute Gasteiger partial charge is 0.243 e. The monoisotopic (exact) mass is 345 g/mol. The third-order valence-corrected chi connectivity index (χ3v) is 6.09. The van der Waals surface area contributed by atoms with Crippen LogP contribution in [0.5, 0.6) is 0 Å². The predicted molar refractivity (Wildman–Crippen MR) is 91.7 cm³/mol. The Labute approximate surface area is 139 Å². The number of hydrogen-bond acceptors (Lipinski definition) is 5. The van der Waals surface area contributed by atoms with Gasteiger partial charge < -0.3 is 0 Å². The van der Waals surface area contributed by atoms with Gasteiger partial charge in [0.15, 0.2) is 0 Å². The standard InChI is InChI=1S/C16H15N3O2S2/c1-19(2)23(20,21)15-8-4-3-7-13(15)16-18-14(11-22-16)12-6-5-9-17-10-12/h3-11H,1-2H3. The van der Waals surface area contributed by atoms with Crippen molar-refractivity contribution in [3.05, 3.63) is 54.2 Å². The summed E-state index contributed by atoms with van der Waals surface area (Å²) in [6.45, 7) is 0. The molecule has 0 atom stereocenters. The molecule has 2 heterocycles. The zero-order chi connectivity index (χ0) is 16.4. The molecule has 23 heavy (non-hydrogen) atoms. The van der Waals surface area contributed by atoms with E-state index in [-0.39, 0.29) is 4.90 Å². The molecule has 1 aromatic carbocycles. The minimum atomic E-state index is -3.52. The lowest BCUT2D eigenvalue weighted by molar-refractivity contribution is 0.521. The van der Waals surface area contributed by atoms with Crippen molar-refractivity contribution in [3.8, 4) is 21.8 Å². The van der Waals surface area contributed by atoms with Crippen molar-refractivity contribution in [2.75, 3.05) is 14.1 Å². The van der Waals surface area contributed by atoms with Crippen LogP contribution in [0.25, 0.3) is 21.8 Å². The van der Waals surface area contributed by atoms with Crippen LogP contribution < -0.4 is 0 Å². The number of benzene rings is 1. The highest BCUT2D eigenvalue weighted by Gasteiger charge is 2.22. The van der Waals surface area contributed by atoms with Crippen molar-refractivity contribution in [3.63, 3.8) is 0 Å². The van der Waals surface area contributed by atoms with Gasteiger partial charge in [-0.15, -0.1) is 11.3 Å². The fraction of sp³-hybridized carbons (Fsp3) is 0.125. The Balaban J connectivity index is 2.10. The molecule has 0 aliphatic carbocycles. The zero-order valence-corrected chi connectivity index (χ0v) is 14.3. The van der Waals surface area contributed by atoms with Crippen molar-refractivity contribution >= 4 is 21.4 Å². The molecule has 0 amide bonds. The Morgan fingerprint density at radius 3 is 2.57 bits per heavy atom. The number of pyridine rings is 1. The van der Waals surface area contributed by atoms with Gasteiger partial charge in [-0.1, -0.05) is 18.2 Å². The highest BCUT2D eigenvalue weighted by molar-refractivity contribution is 7.89. The molecule has 0 saturated carbocycles. The molecule has 3 aromatic rings. The van der Waals surface area contributed by atoms with Crippen LogP contribution in [0.15, 0.2) is 59.1 Å². The van der Waals surface area contributed by atoms with Gasteiger partial charge in [-0.25, -0.2) is 17.7 Å². The summed E-state index contributed by atoms with van der Waals surface area (Å²) < 4.78 is 26.2. The van der Waals surface area contributed by atoms with Crippen LogP contribution in [0.3, 0.4) is 0 Å². The van der Waals surface area contributed by atoms with Gasteiger partial charge in [-0.3, -0.25) is 4.98 Å². The molecule has 0 N–H and O–H groups in total. The van der Waals surface area contributed by atoms with Crippen LogP contribution in [0.2, 0.25) is 0 Å². The molecule has 5 nitrogen and oxygen atoms in total. The first kappa shape index (κ1) is 15.8. The average molecular weight is 345 g/mol. The van der Waals surface area contributed by atoms with Gasteiger partial charge in [0.25, 0.3) is 0 Å². The molecule has 3 rings (SSSR count). The molecular weight excluding hydrogens is 330 g/mol. The third kappa shape index (κ3) is 3.03. The van der Waals surface area contributed by atoms with Crippen molar-refractivity contribution in [2.24, 2.45) is 0 Å². The molecule has 0 spiro atoms. The molecule has 0 radical (unpaired) electrons. The maximum atomic E-state index is 12.5. The molecule has 2 aromatic heterocycles. The number of aromatic nitrogens is 2. The lowest BCUT2D eigenvalue weighted by Crippen LogP contribution is -2.22. The summed E-state index contributed by atoms with van der Waals surface area (Å²) in [7, 11) is -0.478. The Kier molecular flexibility index (Phi) is 4.25. The van der Waals surface area contributed by atoms with Crippen molar-refractivity contribution in [1.29, 1.82) is 0 Å². The summed E-state index contributed by atoms with van der Waals surface area (Å²) in [6.07, 6.45) is 3.44. The second-order valence-corrected chi connectivity index (χ2v) is 8.04. The first-order valence-electron chi connectivity index (χ1n) is 6.88. The first-order valence-corrected chi connectivity index (χ1v) is 9.20. The Morgan fingerprint density at radius 1 is 1.09 bits per heavy atom. The van der Waals surface area contributed by atoms with Gasteiger partial charge in [0.1, 0.15) is 5.01 Å². The summed E-state index contributed by atoms with van der Waals surface area (Å²) in [5.74, 6) is 0. The maximum absolute atomic E-state index is 12.5. The second kappa shape index (κ2) is 6.19. The van der Waals surface area contributed by atoms with E-state index in [1.807, 2.05) is 23.6 Å². The van der Waals surface area contributed by atoms with Gasteiger partial charge in [-0.05, 0) is 18.2 Å². The Bertz CT molecular complexity index is 919. The fourth-order valence-electron chi connectivity index (χ4n) is 2.11. The Hall–Kier alpha value is -2.09. The predicted octanol–water partition coefficient (Wildman–Crippen LogP) is 3.12. The van der Waals surface area contributed by atoms with E-state index in [1.54, 1.807) is 30.6 Å². The molecule has 0 aliphatic heterocycles. The van der Waals surface area contributed by atoms with Gasteiger partial charge in [0, 0.05) is 43.0 Å². The van der Waals surface area contributed by atoms with E-state index in [0.717, 1.165) is 11.3 Å². The molecule has 0 fully saturated rings. The SMILES string of the molecule is CN(C)S(=O)(=O)c1ccccc1-c1nc(-c2cccnc2)cs1. The van der Waals surface area contributed by atoms with Gasteiger partial charge in [-0.2, -0.15) is 0 Å². The summed E-state index contributed by atoms with van der Waals surface area (Å²) in [4.78, 5) is 8.93. The number of thiazole rings is 1. The second-order valence-electron chi connectivity index (χ2n) is 5.06. The highest BCUT2D eigenvalue weighted by atomic mass is 32.2. The van der Waals surface area contributed by atoms with E-state index >= 15 is 0 Å². The summed E-state index contributed by atoms with van der Waals surface area (Å²) in [6, 6.07) is 10.7. The molecule has 7 heteroatoms. The molecule has 0 bridgehead atoms. The number of rotatable bonds is 4. The van der Waals surface area contributed by atoms with E-state index in [0.29, 0.717) is 10.6 Å². The lowest BCUT2D eigenvalue weighted by atomic mass is 10.2. The van der Waals surface area contributed by atoms with Crippen LogP contribution in [0.1, 0.15) is 0 Å². The molecule has 0 unspecified atom stereocenters. The van der Waals surface area contributed by atoms with Gasteiger partial charge in [0.05, 0.1) is 10.6 Å². The lowest BCUT2D eigenvalue weighted by Gasteiger charge is -2.13.